The first-order valence-electron chi connectivity index (χ1n) is 14.7. The molecule has 2 rings (SSSR count). The van der Waals surface area contributed by atoms with E-state index in [1.807, 2.05) is 39.0 Å². The van der Waals surface area contributed by atoms with Gasteiger partial charge in [0, 0.05) is 12.3 Å². The molecule has 6 nitrogen and oxygen atoms in total. The molecule has 0 fully saturated rings. The van der Waals surface area contributed by atoms with Gasteiger partial charge in [-0.1, -0.05) is 75.4 Å². The van der Waals surface area contributed by atoms with Crippen LogP contribution < -0.4 is 10.6 Å². The number of hydrogen-bond acceptors (Lipinski definition) is 4. The van der Waals surface area contributed by atoms with Crippen LogP contribution in [0.2, 0.25) is 0 Å². The molecule has 0 radical (unpaired) electrons. The van der Waals surface area contributed by atoms with Crippen LogP contribution in [0.4, 0.5) is 4.79 Å². The molecule has 2 unspecified atom stereocenters. The first-order valence-corrected chi connectivity index (χ1v) is 14.7. The largest absolute Gasteiger partial charge is 0.459 e. The van der Waals surface area contributed by atoms with Crippen molar-refractivity contribution in [3.63, 3.8) is 0 Å². The summed E-state index contributed by atoms with van der Waals surface area (Å²) in [7, 11) is 0. The number of rotatable bonds is 18. The van der Waals surface area contributed by atoms with Crippen LogP contribution in [-0.2, 0) is 20.7 Å². The minimum Gasteiger partial charge on any atom is -0.459 e. The zero-order valence-electron chi connectivity index (χ0n) is 24.3. The predicted octanol–water partition coefficient (Wildman–Crippen LogP) is 7.69. The number of esters is 1. The van der Waals surface area contributed by atoms with Crippen molar-refractivity contribution in [2.45, 2.75) is 123 Å². The highest BCUT2D eigenvalue weighted by Crippen LogP contribution is 2.31. The predicted molar refractivity (Wildman–Crippen MR) is 155 cm³/mol. The van der Waals surface area contributed by atoms with Crippen LogP contribution in [0.1, 0.15) is 116 Å². The van der Waals surface area contributed by atoms with Gasteiger partial charge in [0.05, 0.1) is 23.8 Å². The number of ether oxygens (including phenoxy) is 2. The quantitative estimate of drug-likeness (QED) is 0.117. The molecule has 2 amide bonds. The summed E-state index contributed by atoms with van der Waals surface area (Å²) >= 11 is 0. The second kappa shape index (κ2) is 17.8. The van der Waals surface area contributed by atoms with Crippen molar-refractivity contribution in [3.8, 4) is 0 Å². The van der Waals surface area contributed by atoms with Crippen molar-refractivity contribution >= 4 is 12.0 Å². The van der Waals surface area contributed by atoms with Crippen LogP contribution in [-0.4, -0.2) is 30.8 Å². The van der Waals surface area contributed by atoms with Crippen molar-refractivity contribution in [2.24, 2.45) is 0 Å². The van der Waals surface area contributed by atoms with Gasteiger partial charge in [0.2, 0.25) is 0 Å². The lowest BCUT2D eigenvalue weighted by Gasteiger charge is -2.30. The normalized spacial score (nSPS) is 16.6. The number of urea groups is 1. The van der Waals surface area contributed by atoms with Crippen LogP contribution in [0.5, 0.6) is 0 Å². The van der Waals surface area contributed by atoms with Gasteiger partial charge >= 0.3 is 12.0 Å². The van der Waals surface area contributed by atoms with Crippen molar-refractivity contribution in [1.29, 1.82) is 0 Å². The van der Waals surface area contributed by atoms with Crippen molar-refractivity contribution < 1.29 is 19.1 Å². The summed E-state index contributed by atoms with van der Waals surface area (Å²) < 4.78 is 11.6. The second-order valence-electron chi connectivity index (χ2n) is 10.5. The molecule has 1 aliphatic rings. The van der Waals surface area contributed by atoms with Gasteiger partial charge < -0.3 is 20.1 Å². The standard InChI is InChI=1S/C32H50N2O4/c1-6-8-9-10-11-12-13-14-15-16-17-21-27(37-7-2)23-26-20-18-19-22-28(26)30-29(31(35)38-24(3)4)25(5)33-32(36)34-30/h14-15,18-20,22,24,27,30H,6-13,16-17,21,23H2,1-5H3,(H2,33,34,36). The van der Waals surface area contributed by atoms with Gasteiger partial charge in [0.25, 0.3) is 0 Å². The van der Waals surface area contributed by atoms with E-state index in [-0.39, 0.29) is 18.2 Å². The first kappa shape index (κ1) is 31.6. The lowest BCUT2D eigenvalue weighted by atomic mass is 9.89. The van der Waals surface area contributed by atoms with Gasteiger partial charge in [0.1, 0.15) is 0 Å². The van der Waals surface area contributed by atoms with Gasteiger partial charge in [-0.3, -0.25) is 0 Å². The highest BCUT2D eigenvalue weighted by atomic mass is 16.5. The molecule has 0 spiro atoms. The molecule has 1 aromatic rings. The van der Waals surface area contributed by atoms with Gasteiger partial charge in [-0.05, 0) is 77.3 Å². The number of carbonyl (C=O) groups is 2. The third kappa shape index (κ3) is 11.0. The third-order valence-corrected chi connectivity index (χ3v) is 6.84. The van der Waals surface area contributed by atoms with E-state index in [1.165, 1.54) is 44.9 Å². The Morgan fingerprint density at radius 2 is 1.68 bits per heavy atom. The summed E-state index contributed by atoms with van der Waals surface area (Å²) in [6, 6.07) is 7.10. The van der Waals surface area contributed by atoms with E-state index in [4.69, 9.17) is 9.47 Å². The Morgan fingerprint density at radius 3 is 2.39 bits per heavy atom. The molecule has 2 N–H and O–H groups in total. The Bertz CT molecular complexity index is 922. The molecule has 0 saturated carbocycles. The maximum atomic E-state index is 13.0. The minimum atomic E-state index is -0.571. The number of nitrogens with one attached hydrogen (secondary N) is 2. The summed E-state index contributed by atoms with van der Waals surface area (Å²) in [5.74, 6) is -0.418. The number of allylic oxidation sites excluding steroid dienone is 3. The van der Waals surface area contributed by atoms with E-state index in [0.717, 1.165) is 36.8 Å². The van der Waals surface area contributed by atoms with E-state index < -0.39 is 12.0 Å². The molecular formula is C32H50N2O4. The van der Waals surface area contributed by atoms with Gasteiger partial charge in [-0.2, -0.15) is 0 Å². The molecule has 0 bridgehead atoms. The summed E-state index contributed by atoms with van der Waals surface area (Å²) in [5.41, 5.74) is 2.93. The molecular weight excluding hydrogens is 476 g/mol. The Morgan fingerprint density at radius 1 is 1.00 bits per heavy atom. The molecule has 2 atom stereocenters. The molecule has 212 valence electrons. The number of hydrogen-bond donors (Lipinski definition) is 2. The summed E-state index contributed by atoms with van der Waals surface area (Å²) in [6.45, 7) is 10.3. The molecule has 0 aliphatic carbocycles. The number of carbonyl (C=O) groups excluding carboxylic acids is 2. The van der Waals surface area contributed by atoms with Crippen molar-refractivity contribution in [2.75, 3.05) is 6.61 Å². The highest BCUT2D eigenvalue weighted by Gasteiger charge is 2.34. The fraction of sp³-hybridized carbons (Fsp3) is 0.625. The van der Waals surface area contributed by atoms with Gasteiger partial charge in [-0.25, -0.2) is 9.59 Å². The molecule has 1 aromatic carbocycles. The molecule has 1 heterocycles. The van der Waals surface area contributed by atoms with E-state index in [1.54, 1.807) is 6.92 Å². The monoisotopic (exact) mass is 526 g/mol. The van der Waals surface area contributed by atoms with Crippen LogP contribution in [0.3, 0.4) is 0 Å². The highest BCUT2D eigenvalue weighted by molar-refractivity contribution is 5.95. The number of unbranched alkanes of at least 4 members (excludes halogenated alkanes) is 7. The van der Waals surface area contributed by atoms with Gasteiger partial charge in [-0.15, -0.1) is 0 Å². The fourth-order valence-corrected chi connectivity index (χ4v) is 4.94. The van der Waals surface area contributed by atoms with Crippen LogP contribution in [0, 0.1) is 0 Å². The third-order valence-electron chi connectivity index (χ3n) is 6.84. The van der Waals surface area contributed by atoms with Crippen LogP contribution >= 0.6 is 0 Å². The second-order valence-corrected chi connectivity index (χ2v) is 10.5. The van der Waals surface area contributed by atoms with Crippen LogP contribution in [0.25, 0.3) is 0 Å². The molecule has 6 heteroatoms. The van der Waals surface area contributed by atoms with E-state index >= 15 is 0 Å². The smallest absolute Gasteiger partial charge is 0.338 e. The van der Waals surface area contributed by atoms with Gasteiger partial charge in [0.15, 0.2) is 0 Å². The Hall–Kier alpha value is -2.60. The fourth-order valence-electron chi connectivity index (χ4n) is 4.94. The average Bonchev–Trinajstić information content (AvgIpc) is 2.86. The Labute approximate surface area is 230 Å². The summed E-state index contributed by atoms with van der Waals surface area (Å²) in [4.78, 5) is 25.3. The summed E-state index contributed by atoms with van der Waals surface area (Å²) in [6.07, 6.45) is 17.4. The average molecular weight is 527 g/mol. The SMILES string of the molecule is CCCCCCCCC=CCCCC(Cc1ccccc1C1NC(=O)NC(C)=C1C(=O)OC(C)C)OCC. The molecule has 38 heavy (non-hydrogen) atoms. The summed E-state index contributed by atoms with van der Waals surface area (Å²) in [5, 5.41) is 5.67. The van der Waals surface area contributed by atoms with E-state index in [9.17, 15) is 9.59 Å². The Balaban J connectivity index is 2.01. The molecule has 0 aromatic heterocycles. The number of amides is 2. The zero-order chi connectivity index (χ0) is 27.8. The minimum absolute atomic E-state index is 0.0710. The first-order chi connectivity index (χ1) is 18.4. The lowest BCUT2D eigenvalue weighted by molar-refractivity contribution is -0.143. The van der Waals surface area contributed by atoms with Crippen molar-refractivity contribution in [1.82, 2.24) is 10.6 Å². The molecule has 1 aliphatic heterocycles. The Kier molecular flexibility index (Phi) is 14.8. The lowest BCUT2D eigenvalue weighted by Crippen LogP contribution is -2.45. The molecule has 0 saturated heterocycles. The van der Waals surface area contributed by atoms with Crippen LogP contribution in [0.15, 0.2) is 47.7 Å². The van der Waals surface area contributed by atoms with E-state index in [0.29, 0.717) is 17.9 Å². The maximum Gasteiger partial charge on any atom is 0.338 e. The zero-order valence-corrected chi connectivity index (χ0v) is 24.3. The van der Waals surface area contributed by atoms with Crippen molar-refractivity contribution in [3.05, 3.63) is 58.8 Å². The number of benzene rings is 1. The topological polar surface area (TPSA) is 76.7 Å². The van der Waals surface area contributed by atoms with E-state index in [2.05, 4.69) is 35.8 Å². The maximum absolute atomic E-state index is 13.0.